The fourth-order valence-corrected chi connectivity index (χ4v) is 5.58. The lowest BCUT2D eigenvalue weighted by molar-refractivity contribution is -0.294. The van der Waals surface area contributed by atoms with Crippen LogP contribution in [0.3, 0.4) is 0 Å². The van der Waals surface area contributed by atoms with Crippen LogP contribution in [0.5, 0.6) is 0 Å². The number of nitrogens with one attached hydrogen (secondary N) is 1. The molecule has 2 aromatic carbocycles. The largest absolute Gasteiger partial charge is 0.456 e. The first-order valence-electron chi connectivity index (χ1n) is 14.2. The van der Waals surface area contributed by atoms with Crippen molar-refractivity contribution in [3.8, 4) is 0 Å². The van der Waals surface area contributed by atoms with Crippen LogP contribution in [0.25, 0.3) is 0 Å². The number of rotatable bonds is 10. The Labute approximate surface area is 238 Å². The third kappa shape index (κ3) is 7.19. The lowest BCUT2D eigenvalue weighted by Crippen LogP contribution is -2.53. The molecule has 40 heavy (non-hydrogen) atoms. The zero-order chi connectivity index (χ0) is 29.6. The maximum absolute atomic E-state index is 13.2. The Hall–Kier alpha value is -3.00. The molecule has 1 aliphatic heterocycles. The fourth-order valence-electron chi connectivity index (χ4n) is 5.58. The summed E-state index contributed by atoms with van der Waals surface area (Å²) < 4.78 is 18.1. The number of esters is 1. The Balaban J connectivity index is 1.77. The monoisotopic (exact) mass is 551 g/mol. The number of benzene rings is 2. The first kappa shape index (κ1) is 31.5. The smallest absolute Gasteiger partial charge is 0.338 e. The van der Waals surface area contributed by atoms with E-state index in [2.05, 4.69) is 33.0 Å². The van der Waals surface area contributed by atoms with Gasteiger partial charge in [-0.1, -0.05) is 81.8 Å². The summed E-state index contributed by atoms with van der Waals surface area (Å²) >= 11 is 0. The standard InChI is InChI=1S/C33H45NO6/c1-9-27-33(7,8)30(40-24(6)39-27)22(4)20(2)21(3)23(5)38-32(37)29(35)28(25-16-12-10-13-17-25)34-31(36)26-18-14-11-15-19-26/h10-19,22-24,27-30,35H,9H2,1-8H3,(H,34,36)/b21-20+/t22-,23?,24?,27-,28-,29+,30-/m0/s1. The molecular formula is C33H45NO6. The van der Waals surface area contributed by atoms with E-state index in [4.69, 9.17) is 14.2 Å². The summed E-state index contributed by atoms with van der Waals surface area (Å²) in [6.45, 7) is 16.3. The molecule has 3 rings (SSSR count). The number of hydrogen-bond donors (Lipinski definition) is 2. The molecule has 2 unspecified atom stereocenters. The summed E-state index contributed by atoms with van der Waals surface area (Å²) in [6.07, 6.45) is -1.62. The van der Waals surface area contributed by atoms with Gasteiger partial charge in [0.2, 0.25) is 0 Å². The number of aliphatic hydroxyl groups is 1. The van der Waals surface area contributed by atoms with Gasteiger partial charge in [-0.05, 0) is 57.4 Å². The Morgan fingerprint density at radius 2 is 1.55 bits per heavy atom. The van der Waals surface area contributed by atoms with E-state index < -0.39 is 30.1 Å². The maximum Gasteiger partial charge on any atom is 0.338 e. The zero-order valence-electron chi connectivity index (χ0n) is 25.0. The van der Waals surface area contributed by atoms with E-state index in [1.54, 1.807) is 55.5 Å². The zero-order valence-corrected chi connectivity index (χ0v) is 25.0. The predicted molar refractivity (Wildman–Crippen MR) is 155 cm³/mol. The molecule has 2 N–H and O–H groups in total. The topological polar surface area (TPSA) is 94.1 Å². The van der Waals surface area contributed by atoms with Crippen molar-refractivity contribution in [2.45, 2.75) is 98.6 Å². The molecule has 2 aromatic rings. The van der Waals surface area contributed by atoms with Crippen molar-refractivity contribution in [1.29, 1.82) is 0 Å². The van der Waals surface area contributed by atoms with E-state index >= 15 is 0 Å². The molecule has 0 aromatic heterocycles. The van der Waals surface area contributed by atoms with E-state index in [9.17, 15) is 14.7 Å². The minimum absolute atomic E-state index is 0.0451. The summed E-state index contributed by atoms with van der Waals surface area (Å²) in [5.41, 5.74) is 2.77. The lowest BCUT2D eigenvalue weighted by Gasteiger charge is -2.49. The van der Waals surface area contributed by atoms with Crippen molar-refractivity contribution < 1.29 is 28.9 Å². The summed E-state index contributed by atoms with van der Waals surface area (Å²) in [5, 5.41) is 13.9. The van der Waals surface area contributed by atoms with Gasteiger partial charge < -0.3 is 24.6 Å². The molecule has 1 amide bonds. The molecule has 218 valence electrons. The highest BCUT2D eigenvalue weighted by Crippen LogP contribution is 2.43. The normalized spacial score (nSPS) is 24.2. The SMILES string of the molecule is CC[C@@H]1OC(C)O[C@@H]([C@@H](C)/C(C)=C(\C)C(C)OC(=O)[C@H](O)[C@@H](NC(=O)c2ccccc2)c2ccccc2)C1(C)C. The van der Waals surface area contributed by atoms with Crippen molar-refractivity contribution in [1.82, 2.24) is 5.32 Å². The van der Waals surface area contributed by atoms with Crippen LogP contribution in [0.2, 0.25) is 0 Å². The van der Waals surface area contributed by atoms with Gasteiger partial charge in [0, 0.05) is 16.9 Å². The molecule has 0 saturated carbocycles. The average molecular weight is 552 g/mol. The summed E-state index contributed by atoms with van der Waals surface area (Å²) in [6, 6.07) is 16.6. The van der Waals surface area contributed by atoms with Gasteiger partial charge in [0.1, 0.15) is 6.10 Å². The van der Waals surface area contributed by atoms with E-state index in [1.807, 2.05) is 32.9 Å². The third-order valence-electron chi connectivity index (χ3n) is 8.33. The minimum atomic E-state index is -1.60. The molecule has 1 fully saturated rings. The van der Waals surface area contributed by atoms with E-state index in [-0.39, 0.29) is 29.8 Å². The predicted octanol–water partition coefficient (Wildman–Crippen LogP) is 5.99. The molecule has 0 bridgehead atoms. The van der Waals surface area contributed by atoms with E-state index in [1.165, 1.54) is 0 Å². The van der Waals surface area contributed by atoms with Crippen LogP contribution >= 0.6 is 0 Å². The second kappa shape index (κ2) is 13.6. The van der Waals surface area contributed by atoms with Gasteiger partial charge in [0.15, 0.2) is 12.4 Å². The van der Waals surface area contributed by atoms with Crippen molar-refractivity contribution in [2.24, 2.45) is 11.3 Å². The Morgan fingerprint density at radius 1 is 0.975 bits per heavy atom. The Bertz CT molecular complexity index is 1160. The van der Waals surface area contributed by atoms with Gasteiger partial charge in [-0.15, -0.1) is 0 Å². The molecule has 1 heterocycles. The fraction of sp³-hybridized carbons (Fsp3) is 0.515. The van der Waals surface area contributed by atoms with Crippen molar-refractivity contribution >= 4 is 11.9 Å². The number of carbonyl (C=O) groups is 2. The van der Waals surface area contributed by atoms with Crippen LogP contribution in [0.1, 0.15) is 83.8 Å². The number of aliphatic hydroxyl groups excluding tert-OH is 1. The molecule has 1 aliphatic rings. The Morgan fingerprint density at radius 3 is 2.12 bits per heavy atom. The third-order valence-corrected chi connectivity index (χ3v) is 8.33. The van der Waals surface area contributed by atoms with Crippen molar-refractivity contribution in [2.75, 3.05) is 0 Å². The highest BCUT2D eigenvalue weighted by Gasteiger charge is 2.46. The minimum Gasteiger partial charge on any atom is -0.456 e. The van der Waals surface area contributed by atoms with Crippen LogP contribution in [0.4, 0.5) is 0 Å². The molecule has 0 radical (unpaired) electrons. The van der Waals surface area contributed by atoms with E-state index in [0.29, 0.717) is 11.1 Å². The number of ether oxygens (including phenoxy) is 3. The van der Waals surface area contributed by atoms with Crippen LogP contribution in [0.15, 0.2) is 71.8 Å². The van der Waals surface area contributed by atoms with Crippen LogP contribution in [-0.4, -0.2) is 47.7 Å². The molecule has 7 heteroatoms. The molecule has 7 atom stereocenters. The van der Waals surface area contributed by atoms with Gasteiger partial charge >= 0.3 is 5.97 Å². The molecular weight excluding hydrogens is 506 g/mol. The number of amides is 1. The summed E-state index contributed by atoms with van der Waals surface area (Å²) in [4.78, 5) is 26.1. The average Bonchev–Trinajstić information content (AvgIpc) is 2.95. The van der Waals surface area contributed by atoms with Crippen molar-refractivity contribution in [3.05, 3.63) is 82.9 Å². The first-order chi connectivity index (χ1) is 18.9. The van der Waals surface area contributed by atoms with Crippen molar-refractivity contribution in [3.63, 3.8) is 0 Å². The second-order valence-electron chi connectivity index (χ2n) is 11.4. The second-order valence-corrected chi connectivity index (χ2v) is 11.4. The van der Waals surface area contributed by atoms with Gasteiger partial charge in [-0.25, -0.2) is 4.79 Å². The number of hydrogen-bond acceptors (Lipinski definition) is 6. The Kier molecular flexibility index (Phi) is 10.7. The molecule has 0 spiro atoms. The lowest BCUT2D eigenvalue weighted by atomic mass is 9.71. The molecule has 7 nitrogen and oxygen atoms in total. The molecule has 0 aliphatic carbocycles. The van der Waals surface area contributed by atoms with E-state index in [0.717, 1.165) is 17.6 Å². The van der Waals surface area contributed by atoms with Gasteiger partial charge in [0.05, 0.1) is 18.2 Å². The van der Waals surface area contributed by atoms with Gasteiger partial charge in [0.25, 0.3) is 5.91 Å². The highest BCUT2D eigenvalue weighted by molar-refractivity contribution is 5.94. The van der Waals surface area contributed by atoms with Crippen LogP contribution < -0.4 is 5.32 Å². The first-order valence-corrected chi connectivity index (χ1v) is 14.2. The number of carbonyl (C=O) groups excluding carboxylic acids is 2. The van der Waals surface area contributed by atoms with Crippen LogP contribution in [0, 0.1) is 11.3 Å². The van der Waals surface area contributed by atoms with Crippen LogP contribution in [-0.2, 0) is 19.0 Å². The molecule has 1 saturated heterocycles. The summed E-state index contributed by atoms with van der Waals surface area (Å²) in [5.74, 6) is -1.16. The summed E-state index contributed by atoms with van der Waals surface area (Å²) in [7, 11) is 0. The quantitative estimate of drug-likeness (QED) is 0.278. The van der Waals surface area contributed by atoms with Gasteiger partial charge in [-0.2, -0.15) is 0 Å². The maximum atomic E-state index is 13.2. The van der Waals surface area contributed by atoms with Gasteiger partial charge in [-0.3, -0.25) is 4.79 Å². The highest BCUT2D eigenvalue weighted by atomic mass is 16.7.